The van der Waals surface area contributed by atoms with Crippen molar-refractivity contribution in [3.8, 4) is 0 Å². The van der Waals surface area contributed by atoms with Gasteiger partial charge in [0, 0.05) is 6.61 Å². The Morgan fingerprint density at radius 2 is 1.76 bits per heavy atom. The molecule has 1 saturated heterocycles. The van der Waals surface area contributed by atoms with Gasteiger partial charge in [-0.1, -0.05) is 27.7 Å². The smallest absolute Gasteiger partial charge is 0.191 e. The molecule has 1 N–H and O–H groups in total. The molecule has 3 heteroatoms. The predicted molar refractivity (Wildman–Crippen MR) is 77.9 cm³/mol. The Morgan fingerprint density at radius 3 is 2.24 bits per heavy atom. The maximum Gasteiger partial charge on any atom is 0.191 e. The summed E-state index contributed by atoms with van der Waals surface area (Å²) in [7, 11) is -1.55. The first kappa shape index (κ1) is 15.2. The lowest BCUT2D eigenvalue weighted by Crippen LogP contribution is -2.43. The van der Waals surface area contributed by atoms with Gasteiger partial charge in [0.2, 0.25) is 0 Å². The second kappa shape index (κ2) is 5.85. The Labute approximate surface area is 109 Å². The monoisotopic (exact) mass is 257 g/mol. The van der Waals surface area contributed by atoms with Gasteiger partial charge < -0.3 is 9.74 Å². The molecule has 0 saturated carbocycles. The molecule has 1 heterocycles. The molecule has 0 aromatic heterocycles. The van der Waals surface area contributed by atoms with Crippen LogP contribution >= 0.6 is 0 Å². The van der Waals surface area contributed by atoms with Crippen molar-refractivity contribution in [2.45, 2.75) is 58.7 Å². The van der Waals surface area contributed by atoms with Gasteiger partial charge in [-0.2, -0.15) is 0 Å². The molecular weight excluding hydrogens is 226 g/mol. The molecule has 1 aliphatic rings. The first-order valence-electron chi connectivity index (χ1n) is 7.09. The third-order valence-corrected chi connectivity index (χ3v) is 9.20. The summed E-state index contributed by atoms with van der Waals surface area (Å²) in [5, 5.41) is 3.77. The van der Waals surface area contributed by atoms with Gasteiger partial charge in [-0.15, -0.1) is 0 Å². The van der Waals surface area contributed by atoms with Crippen LogP contribution in [0.1, 0.15) is 40.5 Å². The Morgan fingerprint density at radius 1 is 1.24 bits per heavy atom. The van der Waals surface area contributed by atoms with Crippen LogP contribution in [0.2, 0.25) is 18.1 Å². The summed E-state index contributed by atoms with van der Waals surface area (Å²) in [5.41, 5.74) is 0. The lowest BCUT2D eigenvalue weighted by Gasteiger charge is -2.38. The van der Waals surface area contributed by atoms with Crippen LogP contribution in [-0.4, -0.2) is 28.0 Å². The van der Waals surface area contributed by atoms with Crippen molar-refractivity contribution in [2.75, 3.05) is 19.7 Å². The van der Waals surface area contributed by atoms with Crippen LogP contribution in [0.3, 0.4) is 0 Å². The Balaban J connectivity index is 2.39. The van der Waals surface area contributed by atoms with Gasteiger partial charge >= 0.3 is 0 Å². The first-order chi connectivity index (χ1) is 7.74. The van der Waals surface area contributed by atoms with Crippen LogP contribution in [0.4, 0.5) is 0 Å². The number of hydrogen-bond donors (Lipinski definition) is 1. The molecule has 17 heavy (non-hydrogen) atoms. The molecule has 102 valence electrons. The molecule has 1 atom stereocenters. The van der Waals surface area contributed by atoms with Gasteiger partial charge in [-0.25, -0.2) is 0 Å². The average Bonchev–Trinajstić information content (AvgIpc) is 2.25. The SMILES string of the molecule is CC(CO[Si](C)(C)C(C)(C)C)C1CCNCC1. The van der Waals surface area contributed by atoms with Crippen molar-refractivity contribution in [1.29, 1.82) is 0 Å². The van der Waals surface area contributed by atoms with Crippen LogP contribution in [0.25, 0.3) is 0 Å². The van der Waals surface area contributed by atoms with Crippen LogP contribution < -0.4 is 5.32 Å². The molecule has 1 rings (SSSR count). The maximum atomic E-state index is 6.33. The number of piperidine rings is 1. The molecule has 2 nitrogen and oxygen atoms in total. The third-order valence-electron chi connectivity index (χ3n) is 4.70. The fraction of sp³-hybridized carbons (Fsp3) is 1.00. The largest absolute Gasteiger partial charge is 0.417 e. The van der Waals surface area contributed by atoms with Gasteiger partial charge in [0.15, 0.2) is 8.32 Å². The Kier molecular flexibility index (Phi) is 5.23. The third kappa shape index (κ3) is 4.38. The summed E-state index contributed by atoms with van der Waals surface area (Å²) in [5.74, 6) is 1.58. The quantitative estimate of drug-likeness (QED) is 0.776. The van der Waals surface area contributed by atoms with E-state index in [2.05, 4.69) is 46.1 Å². The first-order valence-corrected chi connectivity index (χ1v) is 9.99. The summed E-state index contributed by atoms with van der Waals surface area (Å²) in [6, 6.07) is 0. The highest BCUT2D eigenvalue weighted by atomic mass is 28.4. The normalized spacial score (nSPS) is 21.5. The van der Waals surface area contributed by atoms with Gasteiger partial charge in [0.05, 0.1) is 0 Å². The van der Waals surface area contributed by atoms with Crippen molar-refractivity contribution in [1.82, 2.24) is 5.32 Å². The minimum Gasteiger partial charge on any atom is -0.417 e. The fourth-order valence-corrected chi connectivity index (χ4v) is 3.22. The van der Waals surface area contributed by atoms with Gasteiger partial charge in [0.1, 0.15) is 0 Å². The van der Waals surface area contributed by atoms with E-state index < -0.39 is 8.32 Å². The van der Waals surface area contributed by atoms with E-state index in [-0.39, 0.29) is 0 Å². The predicted octanol–water partition coefficient (Wildman–Crippen LogP) is 3.64. The summed E-state index contributed by atoms with van der Waals surface area (Å²) in [4.78, 5) is 0. The van der Waals surface area contributed by atoms with Gasteiger partial charge in [-0.3, -0.25) is 0 Å². The molecule has 1 aliphatic heterocycles. The van der Waals surface area contributed by atoms with E-state index in [1.165, 1.54) is 25.9 Å². The number of hydrogen-bond acceptors (Lipinski definition) is 2. The average molecular weight is 257 g/mol. The minimum absolute atomic E-state index is 0.334. The van der Waals surface area contributed by atoms with E-state index in [0.29, 0.717) is 11.0 Å². The fourth-order valence-electron chi connectivity index (χ4n) is 2.11. The van der Waals surface area contributed by atoms with Gasteiger partial charge in [-0.05, 0) is 55.9 Å². The summed E-state index contributed by atoms with van der Waals surface area (Å²) >= 11 is 0. The second-order valence-corrected chi connectivity index (χ2v) is 11.9. The molecular formula is C14H31NOSi. The van der Waals surface area contributed by atoms with E-state index in [9.17, 15) is 0 Å². The second-order valence-electron chi connectivity index (χ2n) is 7.14. The van der Waals surface area contributed by atoms with E-state index in [1.807, 2.05) is 0 Å². The van der Waals surface area contributed by atoms with Crippen molar-refractivity contribution < 1.29 is 4.43 Å². The molecule has 0 aromatic rings. The van der Waals surface area contributed by atoms with Crippen LogP contribution in [0.5, 0.6) is 0 Å². The molecule has 0 aliphatic carbocycles. The lowest BCUT2D eigenvalue weighted by atomic mass is 9.87. The van der Waals surface area contributed by atoms with E-state index in [0.717, 1.165) is 12.5 Å². The highest BCUT2D eigenvalue weighted by Crippen LogP contribution is 2.37. The summed E-state index contributed by atoms with van der Waals surface area (Å²) < 4.78 is 6.33. The molecule has 0 spiro atoms. The standard InChI is InChI=1S/C14H31NOSi/c1-12(13-7-9-15-10-8-13)11-16-17(5,6)14(2,3)4/h12-13,15H,7-11H2,1-6H3. The van der Waals surface area contributed by atoms with Crippen molar-refractivity contribution in [2.24, 2.45) is 11.8 Å². The zero-order chi connectivity index (χ0) is 13.1. The molecule has 0 aromatic carbocycles. The molecule has 0 bridgehead atoms. The van der Waals surface area contributed by atoms with Crippen molar-refractivity contribution in [3.05, 3.63) is 0 Å². The van der Waals surface area contributed by atoms with Crippen LogP contribution in [0.15, 0.2) is 0 Å². The van der Waals surface area contributed by atoms with E-state index in [1.54, 1.807) is 0 Å². The van der Waals surface area contributed by atoms with Crippen molar-refractivity contribution >= 4 is 8.32 Å². The molecule has 1 fully saturated rings. The molecule has 1 unspecified atom stereocenters. The van der Waals surface area contributed by atoms with Crippen LogP contribution in [-0.2, 0) is 4.43 Å². The van der Waals surface area contributed by atoms with E-state index in [4.69, 9.17) is 4.43 Å². The summed E-state index contributed by atoms with van der Waals surface area (Å²) in [6.07, 6.45) is 2.64. The van der Waals surface area contributed by atoms with Crippen LogP contribution in [0, 0.1) is 11.8 Å². The molecule has 0 amide bonds. The molecule has 0 radical (unpaired) electrons. The lowest BCUT2D eigenvalue weighted by molar-refractivity contribution is 0.169. The van der Waals surface area contributed by atoms with E-state index >= 15 is 0 Å². The minimum atomic E-state index is -1.55. The maximum absolute atomic E-state index is 6.33. The number of nitrogens with one attached hydrogen (secondary N) is 1. The summed E-state index contributed by atoms with van der Waals surface area (Å²) in [6.45, 7) is 17.3. The topological polar surface area (TPSA) is 21.3 Å². The number of rotatable bonds is 4. The zero-order valence-electron chi connectivity index (χ0n) is 12.6. The highest BCUT2D eigenvalue weighted by Gasteiger charge is 2.37. The van der Waals surface area contributed by atoms with Gasteiger partial charge in [0.25, 0.3) is 0 Å². The zero-order valence-corrected chi connectivity index (χ0v) is 13.6. The highest BCUT2D eigenvalue weighted by molar-refractivity contribution is 6.74. The Hall–Kier alpha value is 0.137. The Bertz CT molecular complexity index is 229. The van der Waals surface area contributed by atoms with Crippen molar-refractivity contribution in [3.63, 3.8) is 0 Å².